The summed E-state index contributed by atoms with van der Waals surface area (Å²) in [7, 11) is 0. The smallest absolute Gasteiger partial charge is 0.0198 e. The molecule has 0 saturated carbocycles. The van der Waals surface area contributed by atoms with Crippen LogP contribution in [0.4, 0.5) is 0 Å². The zero-order chi connectivity index (χ0) is 10.0. The van der Waals surface area contributed by atoms with E-state index in [1.165, 1.54) is 17.5 Å². The van der Waals surface area contributed by atoms with Gasteiger partial charge in [0.15, 0.2) is 0 Å². The largest absolute Gasteiger partial charge is 0.325 e. The predicted octanol–water partition coefficient (Wildman–Crippen LogP) is 2.67. The fourth-order valence-electron chi connectivity index (χ4n) is 2.54. The summed E-state index contributed by atoms with van der Waals surface area (Å²) in [6.07, 6.45) is 5.72. The molecule has 0 aliphatic heterocycles. The lowest BCUT2D eigenvalue weighted by Crippen LogP contribution is -2.44. The van der Waals surface area contributed by atoms with E-state index in [0.717, 1.165) is 25.7 Å². The van der Waals surface area contributed by atoms with Gasteiger partial charge in [-0.05, 0) is 36.8 Å². The van der Waals surface area contributed by atoms with E-state index in [4.69, 9.17) is 5.73 Å². The molecule has 1 aliphatic rings. The first kappa shape index (κ1) is 9.72. The van der Waals surface area contributed by atoms with Crippen molar-refractivity contribution >= 4 is 0 Å². The van der Waals surface area contributed by atoms with Crippen LogP contribution in [0.25, 0.3) is 0 Å². The molecule has 0 spiro atoms. The maximum Gasteiger partial charge on any atom is 0.0198 e. The number of fused-ring (bicyclic) bond motifs is 1. The number of rotatable bonds is 2. The van der Waals surface area contributed by atoms with Gasteiger partial charge in [0.25, 0.3) is 0 Å². The fraction of sp³-hybridized carbons (Fsp3) is 0.538. The van der Waals surface area contributed by atoms with E-state index in [-0.39, 0.29) is 5.54 Å². The van der Waals surface area contributed by atoms with Gasteiger partial charge in [-0.15, -0.1) is 0 Å². The Morgan fingerprint density at radius 3 is 2.71 bits per heavy atom. The number of hydrogen-bond donors (Lipinski definition) is 1. The Balaban J connectivity index is 2.20. The van der Waals surface area contributed by atoms with Gasteiger partial charge in [0, 0.05) is 5.54 Å². The highest BCUT2D eigenvalue weighted by Crippen LogP contribution is 2.29. The summed E-state index contributed by atoms with van der Waals surface area (Å²) < 4.78 is 0. The van der Waals surface area contributed by atoms with Crippen molar-refractivity contribution in [2.45, 2.75) is 44.6 Å². The zero-order valence-electron chi connectivity index (χ0n) is 8.92. The maximum absolute atomic E-state index is 6.38. The Morgan fingerprint density at radius 1 is 1.29 bits per heavy atom. The second-order valence-corrected chi connectivity index (χ2v) is 4.56. The topological polar surface area (TPSA) is 26.0 Å². The van der Waals surface area contributed by atoms with Gasteiger partial charge in [0.05, 0.1) is 0 Å². The van der Waals surface area contributed by atoms with E-state index in [0.29, 0.717) is 0 Å². The number of aryl methyl sites for hydroxylation is 1. The molecule has 76 valence electrons. The van der Waals surface area contributed by atoms with Gasteiger partial charge in [-0.25, -0.2) is 0 Å². The van der Waals surface area contributed by atoms with E-state index in [1.54, 1.807) is 0 Å². The molecule has 0 saturated heterocycles. The lowest BCUT2D eigenvalue weighted by molar-refractivity contribution is 0.343. The molecule has 0 amide bonds. The Bertz CT molecular complexity index is 319. The van der Waals surface area contributed by atoms with E-state index in [1.807, 2.05) is 0 Å². The van der Waals surface area contributed by atoms with E-state index >= 15 is 0 Å². The minimum absolute atomic E-state index is 0.0725. The average molecular weight is 189 g/mol. The van der Waals surface area contributed by atoms with Crippen molar-refractivity contribution in [3.8, 4) is 0 Å². The minimum atomic E-state index is 0.0725. The van der Waals surface area contributed by atoms with Crippen LogP contribution in [-0.4, -0.2) is 5.54 Å². The molecule has 1 aromatic rings. The van der Waals surface area contributed by atoms with Gasteiger partial charge < -0.3 is 5.73 Å². The lowest BCUT2D eigenvalue weighted by Gasteiger charge is -2.34. The summed E-state index contributed by atoms with van der Waals surface area (Å²) in [4.78, 5) is 0. The standard InChI is InChI=1S/C13H19N/c1-2-8-13(14)9-7-11-5-3-4-6-12(11)10-13/h3-6H,2,7-10,14H2,1H3. The molecule has 0 radical (unpaired) electrons. The van der Waals surface area contributed by atoms with Crippen LogP contribution in [0.3, 0.4) is 0 Å². The van der Waals surface area contributed by atoms with Crippen molar-refractivity contribution in [1.82, 2.24) is 0 Å². The Hall–Kier alpha value is -0.820. The van der Waals surface area contributed by atoms with Crippen LogP contribution in [0.1, 0.15) is 37.3 Å². The second-order valence-electron chi connectivity index (χ2n) is 4.56. The van der Waals surface area contributed by atoms with Gasteiger partial charge in [-0.2, -0.15) is 0 Å². The summed E-state index contributed by atoms with van der Waals surface area (Å²) in [5.41, 5.74) is 9.43. The zero-order valence-corrected chi connectivity index (χ0v) is 8.92. The SMILES string of the molecule is CCCC1(N)CCc2ccccc2C1. The van der Waals surface area contributed by atoms with Crippen molar-refractivity contribution in [1.29, 1.82) is 0 Å². The van der Waals surface area contributed by atoms with Crippen LogP contribution < -0.4 is 5.73 Å². The van der Waals surface area contributed by atoms with Crippen LogP contribution in [0.15, 0.2) is 24.3 Å². The summed E-state index contributed by atoms with van der Waals surface area (Å²) >= 11 is 0. The molecule has 0 aromatic heterocycles. The van der Waals surface area contributed by atoms with Crippen LogP contribution in [0.2, 0.25) is 0 Å². The first-order valence-corrected chi connectivity index (χ1v) is 5.59. The highest BCUT2D eigenvalue weighted by molar-refractivity contribution is 5.31. The second kappa shape index (κ2) is 3.74. The summed E-state index contributed by atoms with van der Waals surface area (Å²) in [6, 6.07) is 8.71. The van der Waals surface area contributed by atoms with Gasteiger partial charge in [-0.3, -0.25) is 0 Å². The van der Waals surface area contributed by atoms with Crippen molar-refractivity contribution in [2.24, 2.45) is 5.73 Å². The van der Waals surface area contributed by atoms with Crippen molar-refractivity contribution < 1.29 is 0 Å². The van der Waals surface area contributed by atoms with Crippen LogP contribution >= 0.6 is 0 Å². The molecular weight excluding hydrogens is 170 g/mol. The predicted molar refractivity (Wildman–Crippen MR) is 60.3 cm³/mol. The summed E-state index contributed by atoms with van der Waals surface area (Å²) in [5.74, 6) is 0. The Labute approximate surface area is 86.3 Å². The van der Waals surface area contributed by atoms with E-state index < -0.39 is 0 Å². The third-order valence-corrected chi connectivity index (χ3v) is 3.30. The molecule has 1 atom stereocenters. The highest BCUT2D eigenvalue weighted by Gasteiger charge is 2.28. The van der Waals surface area contributed by atoms with Crippen molar-refractivity contribution in [2.75, 3.05) is 0 Å². The van der Waals surface area contributed by atoms with Crippen LogP contribution in [-0.2, 0) is 12.8 Å². The molecule has 0 heterocycles. The number of benzene rings is 1. The van der Waals surface area contributed by atoms with Gasteiger partial charge in [0.1, 0.15) is 0 Å². The molecule has 2 rings (SSSR count). The molecule has 0 bridgehead atoms. The summed E-state index contributed by atoms with van der Waals surface area (Å²) in [5, 5.41) is 0. The molecule has 1 aliphatic carbocycles. The molecule has 2 N–H and O–H groups in total. The van der Waals surface area contributed by atoms with Crippen molar-refractivity contribution in [3.05, 3.63) is 35.4 Å². The highest BCUT2D eigenvalue weighted by atomic mass is 14.7. The molecule has 1 nitrogen and oxygen atoms in total. The molecule has 1 unspecified atom stereocenters. The Kier molecular flexibility index (Phi) is 2.60. The fourth-order valence-corrected chi connectivity index (χ4v) is 2.54. The van der Waals surface area contributed by atoms with Gasteiger partial charge in [0.2, 0.25) is 0 Å². The number of hydrogen-bond acceptors (Lipinski definition) is 1. The van der Waals surface area contributed by atoms with Gasteiger partial charge in [-0.1, -0.05) is 37.6 Å². The minimum Gasteiger partial charge on any atom is -0.325 e. The normalized spacial score (nSPS) is 25.9. The molecule has 1 heteroatoms. The third kappa shape index (κ3) is 1.83. The summed E-state index contributed by atoms with van der Waals surface area (Å²) in [6.45, 7) is 2.22. The third-order valence-electron chi connectivity index (χ3n) is 3.30. The first-order chi connectivity index (χ1) is 6.73. The number of nitrogens with two attached hydrogens (primary N) is 1. The van der Waals surface area contributed by atoms with Crippen LogP contribution in [0, 0.1) is 0 Å². The van der Waals surface area contributed by atoms with Gasteiger partial charge >= 0.3 is 0 Å². The lowest BCUT2D eigenvalue weighted by atomic mass is 9.76. The monoisotopic (exact) mass is 189 g/mol. The maximum atomic E-state index is 6.38. The average Bonchev–Trinajstić information content (AvgIpc) is 2.17. The molecule has 0 fully saturated rings. The Morgan fingerprint density at radius 2 is 2.00 bits per heavy atom. The quantitative estimate of drug-likeness (QED) is 0.760. The molecular formula is C13H19N. The van der Waals surface area contributed by atoms with E-state index in [9.17, 15) is 0 Å². The van der Waals surface area contributed by atoms with E-state index in [2.05, 4.69) is 31.2 Å². The van der Waals surface area contributed by atoms with Crippen LogP contribution in [0.5, 0.6) is 0 Å². The molecule has 14 heavy (non-hydrogen) atoms. The van der Waals surface area contributed by atoms with Crippen molar-refractivity contribution in [3.63, 3.8) is 0 Å². The first-order valence-electron chi connectivity index (χ1n) is 5.59. The molecule has 1 aromatic carbocycles.